The van der Waals surface area contributed by atoms with E-state index in [2.05, 4.69) is 10.6 Å². The third-order valence-corrected chi connectivity index (χ3v) is 5.30. The molecule has 0 aromatic heterocycles. The summed E-state index contributed by atoms with van der Waals surface area (Å²) in [6.07, 6.45) is 3.37. The molecule has 2 N–H and O–H groups in total. The van der Waals surface area contributed by atoms with Crippen molar-refractivity contribution in [1.29, 1.82) is 0 Å². The predicted octanol–water partition coefficient (Wildman–Crippen LogP) is 1.66. The second-order valence-electron chi connectivity index (χ2n) is 6.77. The largest absolute Gasteiger partial charge is 0.482 e. The van der Waals surface area contributed by atoms with E-state index in [-0.39, 0.29) is 30.8 Å². The molecule has 3 heterocycles. The molecule has 2 saturated heterocycles. The van der Waals surface area contributed by atoms with Crippen molar-refractivity contribution >= 4 is 29.9 Å². The Kier molecular flexibility index (Phi) is 4.69. The number of halogens is 1. The fraction of sp³-hybridized carbons (Fsp3) is 0.529. The van der Waals surface area contributed by atoms with Crippen LogP contribution >= 0.6 is 12.4 Å². The first-order valence-corrected chi connectivity index (χ1v) is 8.22. The van der Waals surface area contributed by atoms with Gasteiger partial charge in [-0.15, -0.1) is 12.4 Å². The number of fused-ring (bicyclic) bond motifs is 1. The molecule has 1 aromatic rings. The summed E-state index contributed by atoms with van der Waals surface area (Å²) in [4.78, 5) is 26.0. The molecule has 0 bridgehead atoms. The van der Waals surface area contributed by atoms with Crippen LogP contribution in [-0.4, -0.2) is 49.5 Å². The molecule has 0 unspecified atom stereocenters. The van der Waals surface area contributed by atoms with Gasteiger partial charge in [-0.05, 0) is 49.4 Å². The van der Waals surface area contributed by atoms with Gasteiger partial charge in [0.2, 0.25) is 0 Å². The smallest absolute Gasteiger partial charge is 0.262 e. The lowest BCUT2D eigenvalue weighted by atomic mass is 9.78. The quantitative estimate of drug-likeness (QED) is 0.807. The first kappa shape index (κ1) is 17.0. The molecule has 6 nitrogen and oxygen atoms in total. The number of nitrogens with zero attached hydrogens (tertiary/aromatic N) is 1. The molecule has 1 aromatic carbocycles. The summed E-state index contributed by atoms with van der Waals surface area (Å²) in [7, 11) is 0. The van der Waals surface area contributed by atoms with Crippen LogP contribution in [0.25, 0.3) is 0 Å². The Balaban J connectivity index is 0.00000169. The van der Waals surface area contributed by atoms with Gasteiger partial charge in [0, 0.05) is 25.2 Å². The summed E-state index contributed by atoms with van der Waals surface area (Å²) in [5.74, 6) is 0.459. The Bertz CT molecular complexity index is 648. The molecule has 0 atom stereocenters. The summed E-state index contributed by atoms with van der Waals surface area (Å²) in [5.41, 5.74) is 1.66. The first-order chi connectivity index (χ1) is 11.2. The Labute approximate surface area is 147 Å². The number of amides is 2. The number of carbonyl (C=O) groups excluding carboxylic acids is 2. The lowest BCUT2D eigenvalue weighted by Gasteiger charge is -2.39. The van der Waals surface area contributed by atoms with E-state index in [0.29, 0.717) is 22.4 Å². The molecule has 24 heavy (non-hydrogen) atoms. The lowest BCUT2D eigenvalue weighted by molar-refractivity contribution is -0.118. The van der Waals surface area contributed by atoms with E-state index in [4.69, 9.17) is 4.74 Å². The highest BCUT2D eigenvalue weighted by atomic mass is 35.5. The van der Waals surface area contributed by atoms with Crippen LogP contribution in [0.2, 0.25) is 0 Å². The molecule has 2 amide bonds. The predicted molar refractivity (Wildman–Crippen MR) is 92.9 cm³/mol. The molecular weight excluding hydrogens is 330 g/mol. The van der Waals surface area contributed by atoms with Crippen molar-refractivity contribution in [3.8, 4) is 5.75 Å². The average molecular weight is 352 g/mol. The van der Waals surface area contributed by atoms with Gasteiger partial charge in [-0.25, -0.2) is 0 Å². The van der Waals surface area contributed by atoms with Gasteiger partial charge >= 0.3 is 0 Å². The van der Waals surface area contributed by atoms with Gasteiger partial charge in [0.25, 0.3) is 11.8 Å². The highest BCUT2D eigenvalue weighted by Crippen LogP contribution is 2.37. The molecule has 3 aliphatic rings. The topological polar surface area (TPSA) is 70.7 Å². The van der Waals surface area contributed by atoms with Crippen LogP contribution in [0.5, 0.6) is 5.75 Å². The van der Waals surface area contributed by atoms with E-state index >= 15 is 0 Å². The van der Waals surface area contributed by atoms with Crippen LogP contribution in [-0.2, 0) is 4.79 Å². The molecule has 3 aliphatic heterocycles. The SMILES string of the molecule is Cl.O=C1COc2cc(C(=O)N3CCC4(CCNC4)CC3)ccc2N1. The van der Waals surface area contributed by atoms with E-state index in [9.17, 15) is 9.59 Å². The van der Waals surface area contributed by atoms with Gasteiger partial charge in [0.1, 0.15) is 5.75 Å². The van der Waals surface area contributed by atoms with Crippen LogP contribution in [0, 0.1) is 5.41 Å². The van der Waals surface area contributed by atoms with Crippen molar-refractivity contribution in [2.75, 3.05) is 38.1 Å². The molecule has 7 heteroatoms. The lowest BCUT2D eigenvalue weighted by Crippen LogP contribution is -2.44. The number of hydrogen-bond acceptors (Lipinski definition) is 4. The molecule has 0 radical (unpaired) electrons. The van der Waals surface area contributed by atoms with E-state index in [1.165, 1.54) is 6.42 Å². The number of benzene rings is 1. The van der Waals surface area contributed by atoms with Gasteiger partial charge in [0.15, 0.2) is 6.61 Å². The highest BCUT2D eigenvalue weighted by molar-refractivity contribution is 5.99. The first-order valence-electron chi connectivity index (χ1n) is 8.22. The number of hydrogen-bond donors (Lipinski definition) is 2. The maximum absolute atomic E-state index is 12.7. The van der Waals surface area contributed by atoms with Gasteiger partial charge < -0.3 is 20.3 Å². The standard InChI is InChI=1S/C17H21N3O3.ClH/c21-15-10-23-14-9-12(1-2-13(14)19-15)16(22)20-7-4-17(5-8-20)3-6-18-11-17;/h1-2,9,18H,3-8,10-11H2,(H,19,21);1H. The minimum atomic E-state index is -0.164. The molecule has 4 rings (SSSR count). The number of likely N-dealkylation sites (tertiary alicyclic amines) is 1. The van der Waals surface area contributed by atoms with Gasteiger partial charge in [0.05, 0.1) is 5.69 Å². The normalized spacial score (nSPS) is 21.5. The number of ether oxygens (including phenoxy) is 1. The minimum Gasteiger partial charge on any atom is -0.482 e. The Morgan fingerprint density at radius 2 is 2.00 bits per heavy atom. The van der Waals surface area contributed by atoms with Crippen LogP contribution < -0.4 is 15.4 Å². The third-order valence-electron chi connectivity index (χ3n) is 5.30. The number of rotatable bonds is 1. The Hall–Kier alpha value is -1.79. The van der Waals surface area contributed by atoms with E-state index in [1.54, 1.807) is 18.2 Å². The van der Waals surface area contributed by atoms with Crippen LogP contribution in [0.4, 0.5) is 5.69 Å². The van der Waals surface area contributed by atoms with E-state index < -0.39 is 0 Å². The van der Waals surface area contributed by atoms with Crippen LogP contribution in [0.3, 0.4) is 0 Å². The summed E-state index contributed by atoms with van der Waals surface area (Å²) in [6, 6.07) is 5.24. The fourth-order valence-electron chi connectivity index (χ4n) is 3.80. The molecule has 1 spiro atoms. The molecule has 0 saturated carbocycles. The average Bonchev–Trinajstić information content (AvgIpc) is 3.02. The maximum atomic E-state index is 12.7. The zero-order chi connectivity index (χ0) is 15.9. The van der Waals surface area contributed by atoms with Crippen molar-refractivity contribution in [3.63, 3.8) is 0 Å². The second kappa shape index (κ2) is 6.61. The Morgan fingerprint density at radius 1 is 1.21 bits per heavy atom. The summed E-state index contributed by atoms with van der Waals surface area (Å²) < 4.78 is 5.40. The minimum absolute atomic E-state index is 0. The van der Waals surface area contributed by atoms with Crippen molar-refractivity contribution in [3.05, 3.63) is 23.8 Å². The fourth-order valence-corrected chi connectivity index (χ4v) is 3.80. The summed E-state index contributed by atoms with van der Waals surface area (Å²) in [6.45, 7) is 3.82. The van der Waals surface area contributed by atoms with Gasteiger partial charge in [-0.3, -0.25) is 9.59 Å². The summed E-state index contributed by atoms with van der Waals surface area (Å²) in [5, 5.41) is 6.18. The third kappa shape index (κ3) is 3.08. The van der Waals surface area contributed by atoms with Crippen molar-refractivity contribution in [2.24, 2.45) is 5.41 Å². The van der Waals surface area contributed by atoms with E-state index in [0.717, 1.165) is 39.0 Å². The van der Waals surface area contributed by atoms with Crippen LogP contribution in [0.15, 0.2) is 18.2 Å². The zero-order valence-electron chi connectivity index (χ0n) is 13.5. The van der Waals surface area contributed by atoms with Crippen molar-refractivity contribution in [2.45, 2.75) is 19.3 Å². The molecule has 0 aliphatic carbocycles. The zero-order valence-corrected chi connectivity index (χ0v) is 14.3. The number of piperidine rings is 1. The number of carbonyl (C=O) groups is 2. The van der Waals surface area contributed by atoms with Crippen molar-refractivity contribution < 1.29 is 14.3 Å². The molecule has 2 fully saturated rings. The van der Waals surface area contributed by atoms with Crippen LogP contribution in [0.1, 0.15) is 29.6 Å². The van der Waals surface area contributed by atoms with Gasteiger partial charge in [-0.2, -0.15) is 0 Å². The summed E-state index contributed by atoms with van der Waals surface area (Å²) >= 11 is 0. The van der Waals surface area contributed by atoms with Crippen molar-refractivity contribution in [1.82, 2.24) is 10.2 Å². The highest BCUT2D eigenvalue weighted by Gasteiger charge is 2.38. The second-order valence-corrected chi connectivity index (χ2v) is 6.77. The monoisotopic (exact) mass is 351 g/mol. The Morgan fingerprint density at radius 3 is 2.71 bits per heavy atom. The molecule has 130 valence electrons. The maximum Gasteiger partial charge on any atom is 0.262 e. The number of anilines is 1. The number of nitrogens with one attached hydrogen (secondary N) is 2. The van der Waals surface area contributed by atoms with E-state index in [1.807, 2.05) is 4.90 Å². The van der Waals surface area contributed by atoms with Gasteiger partial charge in [-0.1, -0.05) is 0 Å². The molecular formula is C17H22ClN3O3.